The molecule has 150 valence electrons. The van der Waals surface area contributed by atoms with Gasteiger partial charge in [-0.2, -0.15) is 0 Å². The van der Waals surface area contributed by atoms with Gasteiger partial charge >= 0.3 is 11.9 Å². The summed E-state index contributed by atoms with van der Waals surface area (Å²) in [6, 6.07) is 2.56. The summed E-state index contributed by atoms with van der Waals surface area (Å²) < 4.78 is 20.6. The van der Waals surface area contributed by atoms with E-state index in [-0.39, 0.29) is 22.8 Å². The van der Waals surface area contributed by atoms with Gasteiger partial charge in [-0.05, 0) is 12.1 Å². The summed E-state index contributed by atoms with van der Waals surface area (Å²) in [5.41, 5.74) is -2.28. The zero-order valence-corrected chi connectivity index (χ0v) is 15.0. The average molecular weight is 386 g/mol. The van der Waals surface area contributed by atoms with Gasteiger partial charge in [0, 0.05) is 12.8 Å². The third kappa shape index (κ3) is 3.92. The number of aliphatic hydroxyl groups is 3. The lowest BCUT2D eigenvalue weighted by molar-refractivity contribution is -0.187. The molecule has 1 saturated carbocycles. The standard InChI is InChI=1S/C17H22O10/c1-24-11-4-8(5-12(25-2)14(11)26-3)15(21)27-17(16(22)23)6-9(18)13(20)10(19)7-17/h4-5,9-10,13,18-20H,6-7H2,1-3H3,(H,22,23)/t9-,10-,13?,17?/m1/s1. The molecular weight excluding hydrogens is 364 g/mol. The van der Waals surface area contributed by atoms with E-state index in [1.54, 1.807) is 0 Å². The van der Waals surface area contributed by atoms with Gasteiger partial charge in [-0.25, -0.2) is 9.59 Å². The van der Waals surface area contributed by atoms with Crippen LogP contribution in [0.25, 0.3) is 0 Å². The van der Waals surface area contributed by atoms with Crippen molar-refractivity contribution in [1.82, 2.24) is 0 Å². The van der Waals surface area contributed by atoms with Crippen LogP contribution in [0.4, 0.5) is 0 Å². The fraction of sp³-hybridized carbons (Fsp3) is 0.529. The van der Waals surface area contributed by atoms with Crippen molar-refractivity contribution in [2.45, 2.75) is 36.8 Å². The Morgan fingerprint density at radius 3 is 1.81 bits per heavy atom. The number of benzene rings is 1. The predicted octanol–water partition coefficient (Wildman–Crippen LogP) is -0.431. The molecule has 0 radical (unpaired) electrons. The number of hydrogen-bond acceptors (Lipinski definition) is 9. The second-order valence-electron chi connectivity index (χ2n) is 6.14. The number of ether oxygens (including phenoxy) is 4. The molecule has 0 heterocycles. The highest BCUT2D eigenvalue weighted by Crippen LogP contribution is 2.39. The predicted molar refractivity (Wildman–Crippen MR) is 89.1 cm³/mol. The van der Waals surface area contributed by atoms with E-state index < -0.39 is 48.7 Å². The Hall–Kier alpha value is -2.56. The van der Waals surface area contributed by atoms with Gasteiger partial charge < -0.3 is 39.4 Å². The van der Waals surface area contributed by atoms with Crippen LogP contribution in [0.5, 0.6) is 17.2 Å². The number of carbonyl (C=O) groups excluding carboxylic acids is 1. The third-order valence-corrected chi connectivity index (χ3v) is 4.44. The lowest BCUT2D eigenvalue weighted by Gasteiger charge is -2.40. The first-order chi connectivity index (χ1) is 12.7. The van der Waals surface area contributed by atoms with Crippen LogP contribution in [-0.4, -0.2) is 77.6 Å². The van der Waals surface area contributed by atoms with Crippen molar-refractivity contribution in [2.24, 2.45) is 0 Å². The summed E-state index contributed by atoms with van der Waals surface area (Å²) in [5, 5.41) is 38.8. The normalized spacial score (nSPS) is 27.6. The van der Waals surface area contributed by atoms with Gasteiger partial charge in [-0.15, -0.1) is 0 Å². The maximum Gasteiger partial charge on any atom is 0.348 e. The molecule has 10 heteroatoms. The minimum Gasteiger partial charge on any atom is -0.493 e. The number of methoxy groups -OCH3 is 3. The van der Waals surface area contributed by atoms with E-state index in [4.69, 9.17) is 18.9 Å². The molecule has 0 bridgehead atoms. The first-order valence-corrected chi connectivity index (χ1v) is 8.00. The van der Waals surface area contributed by atoms with E-state index in [9.17, 15) is 30.0 Å². The molecule has 0 aliphatic heterocycles. The monoisotopic (exact) mass is 386 g/mol. The molecule has 2 rings (SSSR count). The van der Waals surface area contributed by atoms with Crippen LogP contribution in [0.1, 0.15) is 23.2 Å². The van der Waals surface area contributed by atoms with Gasteiger partial charge in [0.1, 0.15) is 6.10 Å². The second kappa shape index (κ2) is 7.99. The highest BCUT2D eigenvalue weighted by Gasteiger charge is 2.53. The Kier molecular flexibility index (Phi) is 6.14. The van der Waals surface area contributed by atoms with Crippen molar-refractivity contribution in [3.05, 3.63) is 17.7 Å². The highest BCUT2D eigenvalue weighted by molar-refractivity contribution is 5.94. The lowest BCUT2D eigenvalue weighted by atomic mass is 9.79. The summed E-state index contributed by atoms with van der Waals surface area (Å²) >= 11 is 0. The number of rotatable bonds is 6. The maximum atomic E-state index is 12.6. The molecule has 1 fully saturated rings. The van der Waals surface area contributed by atoms with Gasteiger partial charge in [-0.3, -0.25) is 0 Å². The van der Waals surface area contributed by atoms with E-state index >= 15 is 0 Å². The molecule has 27 heavy (non-hydrogen) atoms. The van der Waals surface area contributed by atoms with Crippen LogP contribution < -0.4 is 14.2 Å². The van der Waals surface area contributed by atoms with Gasteiger partial charge in [-0.1, -0.05) is 0 Å². The SMILES string of the molecule is COc1cc(C(=O)OC2(C(=O)O)C[C@@H](O)C(O)[C@H](O)C2)cc(OC)c1OC. The molecule has 0 saturated heterocycles. The molecule has 1 aliphatic carbocycles. The number of carboxylic acid groups (broad SMARTS) is 1. The zero-order valence-electron chi connectivity index (χ0n) is 15.0. The number of carbonyl (C=O) groups is 2. The Labute approximate surface area is 154 Å². The van der Waals surface area contributed by atoms with Crippen LogP contribution in [0, 0.1) is 0 Å². The molecule has 1 aromatic carbocycles. The molecule has 4 N–H and O–H groups in total. The van der Waals surface area contributed by atoms with Crippen molar-refractivity contribution >= 4 is 11.9 Å². The van der Waals surface area contributed by atoms with Gasteiger partial charge in [0.2, 0.25) is 11.4 Å². The van der Waals surface area contributed by atoms with Crippen LogP contribution >= 0.6 is 0 Å². The lowest BCUT2D eigenvalue weighted by Crippen LogP contribution is -2.58. The Morgan fingerprint density at radius 2 is 1.44 bits per heavy atom. The summed E-state index contributed by atoms with van der Waals surface area (Å²) in [6.45, 7) is 0. The van der Waals surface area contributed by atoms with Gasteiger partial charge in [0.05, 0.1) is 39.1 Å². The van der Waals surface area contributed by atoms with E-state index in [1.165, 1.54) is 33.5 Å². The zero-order chi connectivity index (χ0) is 20.4. The Balaban J connectivity index is 2.38. The summed E-state index contributed by atoms with van der Waals surface area (Å²) in [7, 11) is 4.08. The molecule has 2 atom stereocenters. The first kappa shape index (κ1) is 20.7. The number of hydrogen-bond donors (Lipinski definition) is 4. The number of aliphatic hydroxyl groups excluding tert-OH is 3. The Bertz CT molecular complexity index is 679. The number of aliphatic carboxylic acids is 1. The minimum absolute atomic E-state index is 0.0831. The fourth-order valence-electron chi connectivity index (χ4n) is 2.99. The molecule has 0 aromatic heterocycles. The number of carboxylic acids is 1. The van der Waals surface area contributed by atoms with Crippen molar-refractivity contribution in [2.75, 3.05) is 21.3 Å². The average Bonchev–Trinajstić information content (AvgIpc) is 2.64. The van der Waals surface area contributed by atoms with Crippen molar-refractivity contribution in [3.63, 3.8) is 0 Å². The van der Waals surface area contributed by atoms with E-state index in [1.807, 2.05) is 0 Å². The first-order valence-electron chi connectivity index (χ1n) is 8.00. The van der Waals surface area contributed by atoms with Gasteiger partial charge in [0.15, 0.2) is 11.5 Å². The van der Waals surface area contributed by atoms with Crippen LogP contribution in [0.15, 0.2) is 12.1 Å². The van der Waals surface area contributed by atoms with E-state index in [2.05, 4.69) is 0 Å². The summed E-state index contributed by atoms with van der Waals surface area (Å²) in [4.78, 5) is 24.3. The van der Waals surface area contributed by atoms with E-state index in [0.717, 1.165) is 0 Å². The smallest absolute Gasteiger partial charge is 0.348 e. The van der Waals surface area contributed by atoms with Crippen molar-refractivity contribution < 1.29 is 49.0 Å². The number of esters is 1. The summed E-state index contributed by atoms with van der Waals surface area (Å²) in [6.07, 6.45) is -5.82. The van der Waals surface area contributed by atoms with Crippen molar-refractivity contribution in [3.8, 4) is 17.2 Å². The maximum absolute atomic E-state index is 12.6. The van der Waals surface area contributed by atoms with E-state index in [0.29, 0.717) is 0 Å². The third-order valence-electron chi connectivity index (χ3n) is 4.44. The second-order valence-corrected chi connectivity index (χ2v) is 6.14. The molecule has 0 amide bonds. The molecule has 10 nitrogen and oxygen atoms in total. The Morgan fingerprint density at radius 1 is 0.963 bits per heavy atom. The molecular formula is C17H22O10. The molecule has 1 aliphatic rings. The molecule has 1 aromatic rings. The highest BCUT2D eigenvalue weighted by atomic mass is 16.6. The van der Waals surface area contributed by atoms with Crippen LogP contribution in [0.2, 0.25) is 0 Å². The molecule has 0 unspecified atom stereocenters. The van der Waals surface area contributed by atoms with Crippen molar-refractivity contribution in [1.29, 1.82) is 0 Å². The topological polar surface area (TPSA) is 152 Å². The van der Waals surface area contributed by atoms with Crippen LogP contribution in [0.3, 0.4) is 0 Å². The minimum atomic E-state index is -2.20. The molecule has 0 spiro atoms. The largest absolute Gasteiger partial charge is 0.493 e. The quantitative estimate of drug-likeness (QED) is 0.474. The van der Waals surface area contributed by atoms with Gasteiger partial charge in [0.25, 0.3) is 0 Å². The summed E-state index contributed by atoms with van der Waals surface area (Å²) in [5.74, 6) is -2.03. The van der Waals surface area contributed by atoms with Crippen LogP contribution in [-0.2, 0) is 9.53 Å². The fourth-order valence-corrected chi connectivity index (χ4v) is 2.99.